The predicted molar refractivity (Wildman–Crippen MR) is 61.9 cm³/mol. The van der Waals surface area contributed by atoms with Crippen LogP contribution in [0.4, 0.5) is 5.69 Å². The van der Waals surface area contributed by atoms with Gasteiger partial charge in [-0.3, -0.25) is 19.9 Å². The number of hydrogen-bond donors (Lipinski definition) is 1. The highest BCUT2D eigenvalue weighted by Crippen LogP contribution is 2.23. The largest absolute Gasteiger partial charge is 0.289 e. The Labute approximate surface area is 99.0 Å². The molecule has 2 fully saturated rings. The van der Waals surface area contributed by atoms with Crippen LogP contribution < -0.4 is 5.43 Å². The van der Waals surface area contributed by atoms with Crippen molar-refractivity contribution in [2.45, 2.75) is 12.5 Å². The molecule has 1 atom stereocenters. The average Bonchev–Trinajstić information content (AvgIpc) is 3.13. The van der Waals surface area contributed by atoms with Crippen molar-refractivity contribution in [2.24, 2.45) is 0 Å². The van der Waals surface area contributed by atoms with Crippen LogP contribution in [0.2, 0.25) is 0 Å². The number of para-hydroxylation sites is 1. The zero-order valence-corrected chi connectivity index (χ0v) is 9.30. The summed E-state index contributed by atoms with van der Waals surface area (Å²) in [5, 5.41) is 1.14. The lowest BCUT2D eigenvalue weighted by Crippen LogP contribution is -2.38. The number of carbonyl (C=O) groups is 2. The third kappa shape index (κ3) is 1.89. The van der Waals surface area contributed by atoms with Gasteiger partial charge in [0.05, 0.1) is 12.1 Å². The van der Waals surface area contributed by atoms with Crippen molar-refractivity contribution < 1.29 is 9.59 Å². The summed E-state index contributed by atoms with van der Waals surface area (Å²) in [5.41, 5.74) is 3.61. The Morgan fingerprint density at radius 2 is 1.82 bits per heavy atom. The Balaban J connectivity index is 1.75. The molecule has 5 nitrogen and oxygen atoms in total. The molecule has 1 aromatic carbocycles. The van der Waals surface area contributed by atoms with Crippen LogP contribution in [0.3, 0.4) is 0 Å². The molecule has 2 aliphatic rings. The van der Waals surface area contributed by atoms with Gasteiger partial charge in [-0.05, 0) is 12.1 Å². The molecule has 5 heteroatoms. The van der Waals surface area contributed by atoms with Crippen LogP contribution >= 0.6 is 0 Å². The van der Waals surface area contributed by atoms with Crippen LogP contribution in [-0.4, -0.2) is 40.9 Å². The second-order valence-electron chi connectivity index (χ2n) is 4.30. The van der Waals surface area contributed by atoms with Crippen molar-refractivity contribution in [1.82, 2.24) is 9.91 Å². The lowest BCUT2D eigenvalue weighted by Gasteiger charge is -2.17. The van der Waals surface area contributed by atoms with Gasteiger partial charge in [0.15, 0.2) is 0 Å². The number of hydrogen-bond acceptors (Lipinski definition) is 4. The van der Waals surface area contributed by atoms with Gasteiger partial charge in [0.25, 0.3) is 5.91 Å². The van der Waals surface area contributed by atoms with E-state index in [4.69, 9.17) is 0 Å². The summed E-state index contributed by atoms with van der Waals surface area (Å²) < 4.78 is 0. The van der Waals surface area contributed by atoms with Crippen molar-refractivity contribution in [3.8, 4) is 0 Å². The summed E-state index contributed by atoms with van der Waals surface area (Å²) in [5.74, 6) is -0.299. The second-order valence-corrected chi connectivity index (χ2v) is 4.30. The highest BCUT2D eigenvalue weighted by molar-refractivity contribution is 6.06. The van der Waals surface area contributed by atoms with Gasteiger partial charge in [-0.25, -0.2) is 0 Å². The summed E-state index contributed by atoms with van der Waals surface area (Å²) in [6.45, 7) is 1.84. The molecule has 0 aliphatic carbocycles. The normalized spacial score (nSPS) is 24.2. The lowest BCUT2D eigenvalue weighted by molar-refractivity contribution is -0.137. The molecule has 0 bridgehead atoms. The minimum absolute atomic E-state index is 0.142. The second kappa shape index (κ2) is 3.85. The maximum Gasteiger partial charge on any atom is 0.265 e. The van der Waals surface area contributed by atoms with E-state index in [1.807, 2.05) is 35.2 Å². The molecular weight excluding hydrogens is 218 g/mol. The summed E-state index contributed by atoms with van der Waals surface area (Å²) in [6.07, 6.45) is 0.290. The number of nitrogens with one attached hydrogen (secondary N) is 1. The molecule has 1 N–H and O–H groups in total. The van der Waals surface area contributed by atoms with Crippen LogP contribution in [0.5, 0.6) is 0 Å². The zero-order valence-electron chi connectivity index (χ0n) is 9.30. The molecule has 17 heavy (non-hydrogen) atoms. The van der Waals surface area contributed by atoms with Crippen molar-refractivity contribution in [3.63, 3.8) is 0 Å². The van der Waals surface area contributed by atoms with E-state index in [1.165, 1.54) is 0 Å². The van der Waals surface area contributed by atoms with E-state index < -0.39 is 0 Å². The van der Waals surface area contributed by atoms with Crippen molar-refractivity contribution >= 4 is 17.5 Å². The molecule has 0 radical (unpaired) electrons. The fourth-order valence-corrected chi connectivity index (χ4v) is 2.03. The van der Waals surface area contributed by atoms with Gasteiger partial charge in [-0.15, -0.1) is 0 Å². The summed E-state index contributed by atoms with van der Waals surface area (Å²) in [7, 11) is 0. The van der Waals surface area contributed by atoms with E-state index in [2.05, 4.69) is 5.43 Å². The number of imide groups is 1. The smallest absolute Gasteiger partial charge is 0.265 e. The maximum atomic E-state index is 12.0. The summed E-state index contributed by atoms with van der Waals surface area (Å²) in [6, 6.07) is 9.00. The Kier molecular flexibility index (Phi) is 2.33. The molecule has 0 spiro atoms. The van der Waals surface area contributed by atoms with Crippen LogP contribution in [0.15, 0.2) is 30.3 Å². The third-order valence-corrected chi connectivity index (χ3v) is 3.06. The van der Waals surface area contributed by atoms with Crippen LogP contribution in [-0.2, 0) is 9.59 Å². The highest BCUT2D eigenvalue weighted by atomic mass is 16.2. The van der Waals surface area contributed by atoms with E-state index in [0.717, 1.165) is 23.8 Å². The highest BCUT2D eigenvalue weighted by Gasteiger charge is 2.45. The molecule has 2 heterocycles. The predicted octanol–water partition coefficient (Wildman–Crippen LogP) is 0.457. The van der Waals surface area contributed by atoms with E-state index in [1.54, 1.807) is 0 Å². The number of amides is 2. The van der Waals surface area contributed by atoms with Gasteiger partial charge in [0.2, 0.25) is 5.91 Å². The minimum Gasteiger partial charge on any atom is -0.289 e. The van der Waals surface area contributed by atoms with E-state index in [9.17, 15) is 9.59 Å². The maximum absolute atomic E-state index is 12.0. The van der Waals surface area contributed by atoms with Crippen LogP contribution in [0.25, 0.3) is 0 Å². The van der Waals surface area contributed by atoms with Gasteiger partial charge in [-0.2, -0.15) is 5.01 Å². The van der Waals surface area contributed by atoms with Crippen LogP contribution in [0, 0.1) is 0 Å². The quantitative estimate of drug-likeness (QED) is 0.606. The lowest BCUT2D eigenvalue weighted by atomic mass is 10.2. The van der Waals surface area contributed by atoms with E-state index in [0.29, 0.717) is 6.42 Å². The molecule has 3 rings (SSSR count). The van der Waals surface area contributed by atoms with Gasteiger partial charge in [-0.1, -0.05) is 18.2 Å². The SMILES string of the molecule is O=C1CC(N2CC2)C(=O)N1Nc1ccccc1. The fraction of sp³-hybridized carbons (Fsp3) is 0.333. The molecule has 2 saturated heterocycles. The number of nitrogens with zero attached hydrogens (tertiary/aromatic N) is 2. The van der Waals surface area contributed by atoms with Gasteiger partial charge in [0.1, 0.15) is 6.04 Å². The summed E-state index contributed by atoms with van der Waals surface area (Å²) in [4.78, 5) is 25.8. The Morgan fingerprint density at radius 3 is 2.47 bits per heavy atom. The summed E-state index contributed by atoms with van der Waals surface area (Å²) >= 11 is 0. The first kappa shape index (κ1) is 10.3. The van der Waals surface area contributed by atoms with Crippen LogP contribution in [0.1, 0.15) is 6.42 Å². The number of carbonyl (C=O) groups excluding carboxylic acids is 2. The van der Waals surface area contributed by atoms with Gasteiger partial charge in [0, 0.05) is 13.1 Å². The topological polar surface area (TPSA) is 52.4 Å². The molecule has 2 amide bonds. The molecule has 2 aliphatic heterocycles. The first-order valence-electron chi connectivity index (χ1n) is 5.68. The van der Waals surface area contributed by atoms with E-state index in [-0.39, 0.29) is 17.9 Å². The molecule has 0 saturated carbocycles. The number of anilines is 1. The van der Waals surface area contributed by atoms with Crippen molar-refractivity contribution in [1.29, 1.82) is 0 Å². The molecule has 1 aromatic rings. The Hall–Kier alpha value is -1.88. The van der Waals surface area contributed by atoms with E-state index >= 15 is 0 Å². The molecule has 88 valence electrons. The standard InChI is InChI=1S/C12H13N3O2/c16-11-8-10(14-6-7-14)12(17)15(11)13-9-4-2-1-3-5-9/h1-5,10,13H,6-8H2. The minimum atomic E-state index is -0.251. The van der Waals surface area contributed by atoms with Crippen molar-refractivity contribution in [3.05, 3.63) is 30.3 Å². The number of benzene rings is 1. The van der Waals surface area contributed by atoms with Gasteiger partial charge >= 0.3 is 0 Å². The Bertz CT molecular complexity index is 456. The third-order valence-electron chi connectivity index (χ3n) is 3.06. The van der Waals surface area contributed by atoms with Crippen molar-refractivity contribution in [2.75, 3.05) is 18.5 Å². The first-order chi connectivity index (χ1) is 8.25. The van der Waals surface area contributed by atoms with Gasteiger partial charge < -0.3 is 0 Å². The number of hydrazine groups is 1. The molecule has 1 unspecified atom stereocenters. The molecule has 0 aromatic heterocycles. The monoisotopic (exact) mass is 231 g/mol. The number of rotatable bonds is 3. The Morgan fingerprint density at radius 1 is 1.12 bits per heavy atom. The fourth-order valence-electron chi connectivity index (χ4n) is 2.03. The zero-order chi connectivity index (χ0) is 11.8. The average molecular weight is 231 g/mol. The first-order valence-corrected chi connectivity index (χ1v) is 5.68. The molecular formula is C12H13N3O2.